The maximum Gasteiger partial charge on any atom is 0.339 e. The van der Waals surface area contributed by atoms with E-state index in [0.29, 0.717) is 33.5 Å². The first-order chi connectivity index (χ1) is 18.6. The monoisotopic (exact) mass is 523 g/mol. The number of rotatable bonds is 5. The van der Waals surface area contributed by atoms with E-state index in [1.807, 2.05) is 42.5 Å². The number of amides is 1. The fourth-order valence-electron chi connectivity index (χ4n) is 5.37. The van der Waals surface area contributed by atoms with Gasteiger partial charge in [0.15, 0.2) is 6.61 Å². The molecule has 3 aromatic heterocycles. The Kier molecular flexibility index (Phi) is 6.52. The van der Waals surface area contributed by atoms with Crippen molar-refractivity contribution in [3.63, 3.8) is 0 Å². The summed E-state index contributed by atoms with van der Waals surface area (Å²) in [4.78, 5) is 32.2. The van der Waals surface area contributed by atoms with Crippen LogP contribution in [0.25, 0.3) is 22.6 Å². The zero-order valence-electron chi connectivity index (χ0n) is 20.7. The molecule has 0 radical (unpaired) electrons. The van der Waals surface area contributed by atoms with Crippen molar-refractivity contribution < 1.29 is 18.7 Å². The van der Waals surface area contributed by atoms with Gasteiger partial charge in [0.25, 0.3) is 5.91 Å². The Morgan fingerprint density at radius 2 is 1.95 bits per heavy atom. The third kappa shape index (κ3) is 4.50. The zero-order valence-corrected chi connectivity index (χ0v) is 21.5. The molecular weight excluding hydrogens is 498 g/mol. The molecular formula is C30H25N3O4S. The number of pyridine rings is 1. The van der Waals surface area contributed by atoms with Gasteiger partial charge >= 0.3 is 5.97 Å². The number of carbonyl (C=O) groups excluding carboxylic acids is 2. The van der Waals surface area contributed by atoms with E-state index in [9.17, 15) is 14.9 Å². The van der Waals surface area contributed by atoms with Crippen molar-refractivity contribution in [2.75, 3.05) is 11.9 Å². The number of ether oxygens (including phenoxy) is 1. The van der Waals surface area contributed by atoms with Crippen LogP contribution in [-0.4, -0.2) is 23.5 Å². The molecule has 38 heavy (non-hydrogen) atoms. The van der Waals surface area contributed by atoms with E-state index < -0.39 is 18.5 Å². The van der Waals surface area contributed by atoms with Crippen LogP contribution < -0.4 is 5.32 Å². The Balaban J connectivity index is 1.24. The van der Waals surface area contributed by atoms with Crippen molar-refractivity contribution in [3.05, 3.63) is 81.2 Å². The summed E-state index contributed by atoms with van der Waals surface area (Å²) in [5, 5.41) is 13.8. The molecule has 2 aliphatic carbocycles. The number of anilines is 1. The molecule has 1 N–H and O–H groups in total. The summed E-state index contributed by atoms with van der Waals surface area (Å²) in [5.74, 6) is -0.289. The maximum atomic E-state index is 13.4. The number of thiophene rings is 1. The Hall–Kier alpha value is -4.22. The molecule has 0 atom stereocenters. The summed E-state index contributed by atoms with van der Waals surface area (Å²) in [6.07, 6.45) is 10.0. The summed E-state index contributed by atoms with van der Waals surface area (Å²) in [6.45, 7) is -0.438. The summed E-state index contributed by atoms with van der Waals surface area (Å²) in [5.41, 5.74) is 5.31. The van der Waals surface area contributed by atoms with Gasteiger partial charge in [0.2, 0.25) is 0 Å². The van der Waals surface area contributed by atoms with E-state index in [4.69, 9.17) is 14.1 Å². The number of benzene rings is 1. The molecule has 0 bridgehead atoms. The van der Waals surface area contributed by atoms with E-state index >= 15 is 0 Å². The van der Waals surface area contributed by atoms with E-state index in [2.05, 4.69) is 11.4 Å². The second kappa shape index (κ2) is 10.3. The first-order valence-electron chi connectivity index (χ1n) is 12.8. The number of nitriles is 1. The average Bonchev–Trinajstić information content (AvgIpc) is 3.62. The molecule has 4 aromatic rings. The molecule has 7 nitrogen and oxygen atoms in total. The highest BCUT2D eigenvalue weighted by molar-refractivity contribution is 7.16. The molecule has 1 amide bonds. The number of furan rings is 1. The number of para-hydroxylation sites is 1. The molecule has 0 aliphatic heterocycles. The molecule has 0 saturated carbocycles. The van der Waals surface area contributed by atoms with Crippen molar-refractivity contribution in [1.29, 1.82) is 5.26 Å². The number of nitrogens with one attached hydrogen (secondary N) is 1. The molecule has 3 heterocycles. The zero-order chi connectivity index (χ0) is 26.1. The predicted octanol–water partition coefficient (Wildman–Crippen LogP) is 6.31. The van der Waals surface area contributed by atoms with E-state index in [-0.39, 0.29) is 0 Å². The van der Waals surface area contributed by atoms with Crippen LogP contribution in [0.2, 0.25) is 0 Å². The Labute approximate surface area is 223 Å². The molecule has 6 rings (SSSR count). The van der Waals surface area contributed by atoms with Crippen LogP contribution in [-0.2, 0) is 28.8 Å². The fraction of sp³-hybridized carbons (Fsp3) is 0.267. The molecule has 1 aromatic carbocycles. The van der Waals surface area contributed by atoms with Crippen molar-refractivity contribution in [2.24, 2.45) is 0 Å². The third-order valence-electron chi connectivity index (χ3n) is 7.13. The lowest BCUT2D eigenvalue weighted by Crippen LogP contribution is -2.21. The van der Waals surface area contributed by atoms with Crippen molar-refractivity contribution >= 4 is 50.8 Å². The van der Waals surface area contributed by atoms with Crippen molar-refractivity contribution in [3.8, 4) is 6.07 Å². The topological polar surface area (TPSA) is 105 Å². The van der Waals surface area contributed by atoms with Gasteiger partial charge in [-0.05, 0) is 79.5 Å². The third-order valence-corrected chi connectivity index (χ3v) is 8.33. The number of carbonyl (C=O) groups is 2. The lowest BCUT2D eigenvalue weighted by molar-refractivity contribution is -0.119. The minimum atomic E-state index is -0.559. The summed E-state index contributed by atoms with van der Waals surface area (Å²) < 4.78 is 11.0. The molecule has 0 spiro atoms. The Morgan fingerprint density at radius 1 is 1.08 bits per heavy atom. The first kappa shape index (κ1) is 24.1. The second-order valence-electron chi connectivity index (χ2n) is 9.52. The van der Waals surface area contributed by atoms with E-state index in [1.54, 1.807) is 6.26 Å². The average molecular weight is 524 g/mol. The lowest BCUT2D eigenvalue weighted by atomic mass is 10.0. The maximum absolute atomic E-state index is 13.4. The fourth-order valence-corrected chi connectivity index (χ4v) is 6.63. The number of hydrogen-bond donors (Lipinski definition) is 1. The number of nitrogens with zero attached hydrogens (tertiary/aromatic N) is 2. The van der Waals surface area contributed by atoms with Crippen molar-refractivity contribution in [1.82, 2.24) is 4.98 Å². The molecule has 2 aliphatic rings. The van der Waals surface area contributed by atoms with Crippen LogP contribution in [0, 0.1) is 11.3 Å². The summed E-state index contributed by atoms with van der Waals surface area (Å²) in [7, 11) is 0. The predicted molar refractivity (Wildman–Crippen MR) is 146 cm³/mol. The highest BCUT2D eigenvalue weighted by Gasteiger charge is 2.28. The smallest absolute Gasteiger partial charge is 0.339 e. The van der Waals surface area contributed by atoms with Gasteiger partial charge < -0.3 is 14.5 Å². The number of esters is 1. The van der Waals surface area contributed by atoms with Gasteiger partial charge in [-0.3, -0.25) is 4.79 Å². The second-order valence-corrected chi connectivity index (χ2v) is 10.6. The molecule has 190 valence electrons. The van der Waals surface area contributed by atoms with Crippen molar-refractivity contribution in [2.45, 2.75) is 44.9 Å². The molecule has 0 fully saturated rings. The first-order valence-corrected chi connectivity index (χ1v) is 13.6. The minimum absolute atomic E-state index is 0.438. The van der Waals surface area contributed by atoms with Crippen LogP contribution in [0.15, 0.2) is 47.1 Å². The van der Waals surface area contributed by atoms with Gasteiger partial charge in [-0.1, -0.05) is 24.6 Å². The van der Waals surface area contributed by atoms with Crippen LogP contribution in [0.4, 0.5) is 5.00 Å². The van der Waals surface area contributed by atoms with E-state index in [0.717, 1.165) is 66.7 Å². The van der Waals surface area contributed by atoms with Gasteiger partial charge in [-0.2, -0.15) is 5.26 Å². The van der Waals surface area contributed by atoms with Gasteiger partial charge in [0, 0.05) is 10.3 Å². The molecule has 0 unspecified atom stereocenters. The Bertz CT molecular complexity index is 1630. The highest BCUT2D eigenvalue weighted by atomic mass is 32.1. The minimum Gasteiger partial charge on any atom is -0.465 e. The van der Waals surface area contributed by atoms with Crippen LogP contribution >= 0.6 is 11.3 Å². The van der Waals surface area contributed by atoms with E-state index in [1.165, 1.54) is 16.2 Å². The SMILES string of the molecule is N#Cc1c(NC(=O)COC(=O)c2c3c(nc4ccccc24)/C(=C/c2ccco2)CC3)sc2c1CCCCC2. The van der Waals surface area contributed by atoms with Gasteiger partial charge in [-0.15, -0.1) is 11.3 Å². The Morgan fingerprint density at radius 3 is 2.79 bits per heavy atom. The summed E-state index contributed by atoms with van der Waals surface area (Å²) in [6, 6.07) is 13.4. The standard InChI is InChI=1S/C30H25N3O4S/c31-16-23-20-8-2-1-3-11-25(20)38-29(23)33-26(34)17-37-30(35)27-21-9-4-5-10-24(21)32-28-18(12-13-22(27)28)15-19-7-6-14-36-19/h4-7,9-10,14-15H,1-3,8,11-13,17H2,(H,33,34)/b18-15+. The molecule has 0 saturated heterocycles. The number of aryl methyl sites for hydroxylation is 1. The number of aromatic nitrogens is 1. The van der Waals surface area contributed by atoms with Crippen LogP contribution in [0.1, 0.15) is 69.1 Å². The van der Waals surface area contributed by atoms with Gasteiger partial charge in [0.05, 0.1) is 28.6 Å². The van der Waals surface area contributed by atoms with Crippen LogP contribution in [0.5, 0.6) is 0 Å². The number of fused-ring (bicyclic) bond motifs is 3. The number of allylic oxidation sites excluding steroid dienone is 1. The van der Waals surface area contributed by atoms with Gasteiger partial charge in [0.1, 0.15) is 16.8 Å². The lowest BCUT2D eigenvalue weighted by Gasteiger charge is -2.12. The largest absolute Gasteiger partial charge is 0.465 e. The van der Waals surface area contributed by atoms with Gasteiger partial charge in [-0.25, -0.2) is 9.78 Å². The van der Waals surface area contributed by atoms with Crippen LogP contribution in [0.3, 0.4) is 0 Å². The quantitative estimate of drug-likeness (QED) is 0.243. The highest BCUT2D eigenvalue weighted by Crippen LogP contribution is 2.39. The summed E-state index contributed by atoms with van der Waals surface area (Å²) >= 11 is 1.46. The normalized spacial score (nSPS) is 15.5. The molecule has 8 heteroatoms. The number of hydrogen-bond acceptors (Lipinski definition) is 7.